The first-order valence-corrected chi connectivity index (χ1v) is 12.4. The molecule has 0 bridgehead atoms. The van der Waals surface area contributed by atoms with E-state index in [1.165, 1.54) is 5.56 Å². The van der Waals surface area contributed by atoms with Crippen LogP contribution in [-0.2, 0) is 15.9 Å². The quantitative estimate of drug-likeness (QED) is 0.759. The summed E-state index contributed by atoms with van der Waals surface area (Å²) < 4.78 is 13.4. The lowest BCUT2D eigenvalue weighted by Gasteiger charge is -2.36. The van der Waals surface area contributed by atoms with Gasteiger partial charge in [-0.15, -0.1) is 0 Å². The molecule has 0 unspecified atom stereocenters. The molecule has 2 saturated heterocycles. The van der Waals surface area contributed by atoms with E-state index in [0.717, 1.165) is 100 Å². The zero-order valence-corrected chi connectivity index (χ0v) is 19.6. The number of aliphatic imine (C=N–C) groups is 1. The van der Waals surface area contributed by atoms with Gasteiger partial charge in [0.25, 0.3) is 0 Å². The first kappa shape index (κ1) is 21.9. The number of nitrogens with zero attached hydrogens (tertiary/aromatic N) is 3. The van der Waals surface area contributed by atoms with Crippen molar-refractivity contribution in [1.29, 1.82) is 0 Å². The summed E-state index contributed by atoms with van der Waals surface area (Å²) in [4.78, 5) is 7.51. The third-order valence-electron chi connectivity index (χ3n) is 7.28. The Kier molecular flexibility index (Phi) is 6.54. The molecule has 32 heavy (non-hydrogen) atoms. The third kappa shape index (κ3) is 4.33. The summed E-state index contributed by atoms with van der Waals surface area (Å²) in [6.45, 7) is 10.3. The van der Waals surface area contributed by atoms with Crippen LogP contribution in [0.2, 0.25) is 0 Å². The molecule has 4 heterocycles. The lowest BCUT2D eigenvalue weighted by molar-refractivity contribution is 0.0393. The Labute approximate surface area is 191 Å². The Bertz CT molecular complexity index is 968. The third-order valence-corrected chi connectivity index (χ3v) is 7.28. The maximum Gasteiger partial charge on any atom is 0.201 e. The second kappa shape index (κ2) is 9.54. The van der Waals surface area contributed by atoms with Crippen LogP contribution in [0.1, 0.15) is 56.7 Å². The van der Waals surface area contributed by atoms with Crippen LogP contribution in [0.25, 0.3) is 10.9 Å². The van der Waals surface area contributed by atoms with E-state index in [0.29, 0.717) is 17.8 Å². The van der Waals surface area contributed by atoms with E-state index < -0.39 is 0 Å². The number of hydrogen-bond acceptors (Lipinski definition) is 5. The van der Waals surface area contributed by atoms with Crippen molar-refractivity contribution >= 4 is 16.6 Å². The molecule has 174 valence electrons. The molecule has 1 aromatic carbocycles. The summed E-state index contributed by atoms with van der Waals surface area (Å²) in [5, 5.41) is 12.7. The van der Waals surface area contributed by atoms with Crippen LogP contribution < -0.4 is 0 Å². The van der Waals surface area contributed by atoms with E-state index in [-0.39, 0.29) is 6.04 Å². The van der Waals surface area contributed by atoms with Gasteiger partial charge in [0.15, 0.2) is 0 Å². The summed E-state index contributed by atoms with van der Waals surface area (Å²) in [6.07, 6.45) is 5.08. The van der Waals surface area contributed by atoms with E-state index in [9.17, 15) is 5.11 Å². The topological polar surface area (TPSA) is 59.2 Å². The molecule has 0 aliphatic carbocycles. The fraction of sp³-hybridized carbons (Fsp3) is 0.654. The van der Waals surface area contributed by atoms with Gasteiger partial charge in [0, 0.05) is 57.0 Å². The Morgan fingerprint density at radius 1 is 1.03 bits per heavy atom. The molecule has 3 aliphatic rings. The Morgan fingerprint density at radius 3 is 2.41 bits per heavy atom. The monoisotopic (exact) mass is 439 g/mol. The first-order valence-electron chi connectivity index (χ1n) is 12.4. The largest absolute Gasteiger partial charge is 0.494 e. The Morgan fingerprint density at radius 2 is 1.72 bits per heavy atom. The molecule has 5 rings (SSSR count). The summed E-state index contributed by atoms with van der Waals surface area (Å²) in [5.41, 5.74) is 4.45. The van der Waals surface area contributed by atoms with E-state index in [1.807, 2.05) is 0 Å². The minimum absolute atomic E-state index is 0.270. The number of hydrogen-bond donors (Lipinski definition) is 1. The average Bonchev–Trinajstić information content (AvgIpc) is 3.11. The van der Waals surface area contributed by atoms with Gasteiger partial charge in [-0.05, 0) is 55.7 Å². The minimum Gasteiger partial charge on any atom is -0.494 e. The van der Waals surface area contributed by atoms with Crippen molar-refractivity contribution in [2.24, 2.45) is 10.9 Å². The average molecular weight is 440 g/mol. The van der Waals surface area contributed by atoms with Gasteiger partial charge in [0.05, 0.1) is 23.3 Å². The Hall–Kier alpha value is -1.89. The standard InChI is InChI=1S/C26H37N3O3/c1-18(2)15-19-3-4-24-22(16-19)25(26(30)29(24)21-7-13-32-14-8-21)23-17-28(10-9-27-23)20-5-11-31-12-6-20/h3-4,16,18,20-21,30H,5-15,17H2,1-2H3. The van der Waals surface area contributed by atoms with Crippen molar-refractivity contribution in [2.45, 2.75) is 58.0 Å². The van der Waals surface area contributed by atoms with Crippen molar-refractivity contribution in [2.75, 3.05) is 46.1 Å². The van der Waals surface area contributed by atoms with Crippen LogP contribution in [0, 0.1) is 5.92 Å². The summed E-state index contributed by atoms with van der Waals surface area (Å²) >= 11 is 0. The first-order chi connectivity index (χ1) is 15.6. The van der Waals surface area contributed by atoms with Crippen LogP contribution in [0.5, 0.6) is 5.88 Å². The van der Waals surface area contributed by atoms with Crippen molar-refractivity contribution < 1.29 is 14.6 Å². The van der Waals surface area contributed by atoms with Crippen molar-refractivity contribution in [3.05, 3.63) is 29.3 Å². The predicted molar refractivity (Wildman–Crippen MR) is 128 cm³/mol. The molecule has 1 aromatic heterocycles. The summed E-state index contributed by atoms with van der Waals surface area (Å²) in [6, 6.07) is 7.57. The van der Waals surface area contributed by atoms with Gasteiger partial charge in [0.2, 0.25) is 5.88 Å². The number of rotatable bonds is 5. The molecule has 6 heteroatoms. The molecule has 6 nitrogen and oxygen atoms in total. The molecular formula is C26H37N3O3. The second-order valence-electron chi connectivity index (χ2n) is 10.0. The van der Waals surface area contributed by atoms with Gasteiger partial charge in [0.1, 0.15) is 0 Å². The van der Waals surface area contributed by atoms with Crippen LogP contribution in [0.4, 0.5) is 0 Å². The number of aromatic nitrogens is 1. The molecule has 2 aromatic rings. The molecular weight excluding hydrogens is 402 g/mol. The van der Waals surface area contributed by atoms with Gasteiger partial charge < -0.3 is 19.1 Å². The number of ether oxygens (including phenoxy) is 2. The van der Waals surface area contributed by atoms with Crippen LogP contribution in [0.15, 0.2) is 23.2 Å². The van der Waals surface area contributed by atoms with Gasteiger partial charge in [-0.2, -0.15) is 0 Å². The number of aromatic hydroxyl groups is 1. The highest BCUT2D eigenvalue weighted by Crippen LogP contribution is 2.39. The normalized spacial score (nSPS) is 22.0. The van der Waals surface area contributed by atoms with E-state index >= 15 is 0 Å². The number of benzene rings is 1. The van der Waals surface area contributed by atoms with E-state index in [4.69, 9.17) is 14.5 Å². The smallest absolute Gasteiger partial charge is 0.201 e. The van der Waals surface area contributed by atoms with Gasteiger partial charge in [-0.3, -0.25) is 9.89 Å². The van der Waals surface area contributed by atoms with Crippen molar-refractivity contribution in [3.63, 3.8) is 0 Å². The highest BCUT2D eigenvalue weighted by atomic mass is 16.5. The maximum absolute atomic E-state index is 11.6. The van der Waals surface area contributed by atoms with Crippen LogP contribution in [0.3, 0.4) is 0 Å². The molecule has 2 fully saturated rings. The fourth-order valence-electron chi connectivity index (χ4n) is 5.70. The van der Waals surface area contributed by atoms with Crippen LogP contribution in [-0.4, -0.2) is 72.4 Å². The molecule has 0 amide bonds. The van der Waals surface area contributed by atoms with E-state index in [2.05, 4.69) is 41.5 Å². The summed E-state index contributed by atoms with van der Waals surface area (Å²) in [5.74, 6) is 0.985. The predicted octanol–water partition coefficient (Wildman–Crippen LogP) is 4.18. The molecule has 1 N–H and O–H groups in total. The molecule has 0 atom stereocenters. The van der Waals surface area contributed by atoms with Crippen molar-refractivity contribution in [1.82, 2.24) is 9.47 Å². The van der Waals surface area contributed by atoms with Gasteiger partial charge in [-0.25, -0.2) is 0 Å². The number of fused-ring (bicyclic) bond motifs is 1. The summed E-state index contributed by atoms with van der Waals surface area (Å²) in [7, 11) is 0. The van der Waals surface area contributed by atoms with Crippen LogP contribution >= 0.6 is 0 Å². The molecule has 3 aliphatic heterocycles. The van der Waals surface area contributed by atoms with Crippen molar-refractivity contribution in [3.8, 4) is 5.88 Å². The zero-order valence-electron chi connectivity index (χ0n) is 19.6. The zero-order chi connectivity index (χ0) is 22.1. The minimum atomic E-state index is 0.270. The lowest BCUT2D eigenvalue weighted by Crippen LogP contribution is -2.46. The lowest BCUT2D eigenvalue weighted by atomic mass is 9.98. The van der Waals surface area contributed by atoms with Gasteiger partial charge in [-0.1, -0.05) is 19.9 Å². The highest BCUT2D eigenvalue weighted by Gasteiger charge is 2.30. The fourth-order valence-corrected chi connectivity index (χ4v) is 5.70. The van der Waals surface area contributed by atoms with E-state index in [1.54, 1.807) is 0 Å². The Balaban J connectivity index is 1.55. The molecule has 0 spiro atoms. The molecule has 0 saturated carbocycles. The van der Waals surface area contributed by atoms with Gasteiger partial charge >= 0.3 is 0 Å². The highest BCUT2D eigenvalue weighted by molar-refractivity contribution is 6.14. The second-order valence-corrected chi connectivity index (χ2v) is 10.0. The SMILES string of the molecule is CC(C)Cc1ccc2c(c1)c(C1=NCCN(C3CCOCC3)C1)c(O)n2C1CCOCC1. The maximum atomic E-state index is 11.6. The molecule has 0 radical (unpaired) electrons.